The Morgan fingerprint density at radius 2 is 2.00 bits per heavy atom. The molecule has 0 bridgehead atoms. The maximum atomic E-state index is 12.3. The number of hydrogen-bond acceptors (Lipinski definition) is 3. The number of hydrogen-bond donors (Lipinski definition) is 3. The van der Waals surface area contributed by atoms with Crippen LogP contribution >= 0.6 is 27.5 Å². The summed E-state index contributed by atoms with van der Waals surface area (Å²) in [5, 5.41) is 3.29. The van der Waals surface area contributed by atoms with Gasteiger partial charge in [-0.1, -0.05) is 27.5 Å². The van der Waals surface area contributed by atoms with Crippen molar-refractivity contribution in [3.63, 3.8) is 0 Å². The molecule has 6 heteroatoms. The van der Waals surface area contributed by atoms with E-state index in [0.29, 0.717) is 22.0 Å². The molecule has 0 saturated carbocycles. The molecule has 2 aromatic rings. The molecule has 0 fully saturated rings. The number of aryl methyl sites for hydroxylation is 1. The van der Waals surface area contributed by atoms with Gasteiger partial charge in [-0.3, -0.25) is 10.6 Å². The Labute approximate surface area is 130 Å². The van der Waals surface area contributed by atoms with E-state index in [1.54, 1.807) is 18.2 Å². The Kier molecular flexibility index (Phi) is 4.65. The third-order valence-electron chi connectivity index (χ3n) is 2.68. The first-order chi connectivity index (χ1) is 9.49. The second kappa shape index (κ2) is 6.26. The van der Waals surface area contributed by atoms with Gasteiger partial charge in [0.1, 0.15) is 0 Å². The molecule has 0 atom stereocenters. The van der Waals surface area contributed by atoms with Crippen LogP contribution < -0.4 is 16.6 Å². The van der Waals surface area contributed by atoms with Gasteiger partial charge >= 0.3 is 0 Å². The number of nitrogen functional groups attached to an aromatic ring is 1. The number of hydrazine groups is 1. The number of benzene rings is 2. The molecule has 104 valence electrons. The van der Waals surface area contributed by atoms with Crippen molar-refractivity contribution in [2.24, 2.45) is 5.84 Å². The highest BCUT2D eigenvalue weighted by Crippen LogP contribution is 2.23. The second-order valence-corrected chi connectivity index (χ2v) is 5.66. The standard InChI is InChI=1S/C14H13BrClN3O/c1-8-4-9(15)6-11(5-8)18-14(20)12-7-10(16)2-3-13(12)19-17/h2-7,19H,17H2,1H3,(H,18,20). The van der Waals surface area contributed by atoms with Crippen LogP contribution in [0.25, 0.3) is 0 Å². The van der Waals surface area contributed by atoms with Gasteiger partial charge in [0.05, 0.1) is 11.3 Å². The van der Waals surface area contributed by atoms with Crippen molar-refractivity contribution < 1.29 is 4.79 Å². The molecular weight excluding hydrogens is 342 g/mol. The highest BCUT2D eigenvalue weighted by atomic mass is 79.9. The summed E-state index contributed by atoms with van der Waals surface area (Å²) in [4.78, 5) is 12.3. The lowest BCUT2D eigenvalue weighted by atomic mass is 10.1. The smallest absolute Gasteiger partial charge is 0.257 e. The lowest BCUT2D eigenvalue weighted by Gasteiger charge is -2.11. The summed E-state index contributed by atoms with van der Waals surface area (Å²) in [6, 6.07) is 10.5. The van der Waals surface area contributed by atoms with E-state index in [-0.39, 0.29) is 5.91 Å². The molecule has 0 radical (unpaired) electrons. The van der Waals surface area contributed by atoms with Gasteiger partial charge in [-0.05, 0) is 48.9 Å². The number of anilines is 2. The lowest BCUT2D eigenvalue weighted by molar-refractivity contribution is 0.102. The normalized spacial score (nSPS) is 10.2. The van der Waals surface area contributed by atoms with Crippen molar-refractivity contribution in [1.29, 1.82) is 0 Å². The van der Waals surface area contributed by atoms with Crippen molar-refractivity contribution in [2.75, 3.05) is 10.7 Å². The summed E-state index contributed by atoms with van der Waals surface area (Å²) in [6.07, 6.45) is 0. The number of carbonyl (C=O) groups is 1. The first-order valence-corrected chi connectivity index (χ1v) is 7.01. The van der Waals surface area contributed by atoms with Crippen molar-refractivity contribution in [3.05, 3.63) is 57.0 Å². The SMILES string of the molecule is Cc1cc(Br)cc(NC(=O)c2cc(Cl)ccc2NN)c1. The summed E-state index contributed by atoms with van der Waals surface area (Å²) < 4.78 is 0.899. The van der Waals surface area contributed by atoms with Crippen LogP contribution in [0.4, 0.5) is 11.4 Å². The minimum absolute atomic E-state index is 0.280. The second-order valence-electron chi connectivity index (χ2n) is 4.31. The van der Waals surface area contributed by atoms with E-state index in [4.69, 9.17) is 17.4 Å². The predicted molar refractivity (Wildman–Crippen MR) is 86.1 cm³/mol. The van der Waals surface area contributed by atoms with Crippen LogP contribution in [-0.2, 0) is 0 Å². The van der Waals surface area contributed by atoms with Crippen LogP contribution in [0.2, 0.25) is 5.02 Å². The number of nitrogens with one attached hydrogen (secondary N) is 2. The average Bonchev–Trinajstić information content (AvgIpc) is 2.37. The summed E-state index contributed by atoms with van der Waals surface area (Å²) in [7, 11) is 0. The molecule has 0 aliphatic heterocycles. The molecule has 2 aromatic carbocycles. The van der Waals surface area contributed by atoms with E-state index in [1.807, 2.05) is 25.1 Å². The number of amides is 1. The third kappa shape index (κ3) is 3.50. The zero-order chi connectivity index (χ0) is 14.7. The zero-order valence-corrected chi connectivity index (χ0v) is 13.0. The van der Waals surface area contributed by atoms with Gasteiger partial charge in [0.2, 0.25) is 0 Å². The van der Waals surface area contributed by atoms with E-state index in [2.05, 4.69) is 26.7 Å². The monoisotopic (exact) mass is 353 g/mol. The van der Waals surface area contributed by atoms with E-state index in [9.17, 15) is 4.79 Å². The largest absolute Gasteiger partial charge is 0.323 e. The Balaban J connectivity index is 2.30. The van der Waals surface area contributed by atoms with Gasteiger partial charge in [-0.25, -0.2) is 0 Å². The highest BCUT2D eigenvalue weighted by Gasteiger charge is 2.12. The lowest BCUT2D eigenvalue weighted by Crippen LogP contribution is -2.17. The Bertz CT molecular complexity index is 641. The summed E-state index contributed by atoms with van der Waals surface area (Å²) in [5.74, 6) is 5.12. The van der Waals surface area contributed by atoms with Gasteiger partial charge in [0.25, 0.3) is 5.91 Å². The molecule has 0 aromatic heterocycles. The quantitative estimate of drug-likeness (QED) is 0.577. The summed E-state index contributed by atoms with van der Waals surface area (Å²) in [5.41, 5.74) is 5.12. The Morgan fingerprint density at radius 1 is 1.25 bits per heavy atom. The van der Waals surface area contributed by atoms with Gasteiger partial charge in [-0.2, -0.15) is 0 Å². The van der Waals surface area contributed by atoms with Crippen molar-refractivity contribution >= 4 is 44.8 Å². The molecule has 0 spiro atoms. The topological polar surface area (TPSA) is 67.2 Å². The van der Waals surface area contributed by atoms with Gasteiger partial charge in [-0.15, -0.1) is 0 Å². The molecule has 0 saturated heterocycles. The molecule has 2 rings (SSSR count). The maximum Gasteiger partial charge on any atom is 0.257 e. The molecule has 0 heterocycles. The Hall–Kier alpha value is -1.56. The molecule has 1 amide bonds. The number of halogens is 2. The van der Waals surface area contributed by atoms with Crippen LogP contribution in [0.15, 0.2) is 40.9 Å². The molecule has 0 aliphatic rings. The van der Waals surface area contributed by atoms with Crippen LogP contribution in [-0.4, -0.2) is 5.91 Å². The third-order valence-corrected chi connectivity index (χ3v) is 3.37. The van der Waals surface area contributed by atoms with E-state index in [0.717, 1.165) is 10.0 Å². The predicted octanol–water partition coefficient (Wildman–Crippen LogP) is 3.95. The summed E-state index contributed by atoms with van der Waals surface area (Å²) >= 11 is 9.31. The summed E-state index contributed by atoms with van der Waals surface area (Å²) in [6.45, 7) is 1.95. The molecule has 4 nitrogen and oxygen atoms in total. The van der Waals surface area contributed by atoms with Crippen molar-refractivity contribution in [3.8, 4) is 0 Å². The van der Waals surface area contributed by atoms with Crippen molar-refractivity contribution in [1.82, 2.24) is 0 Å². The maximum absolute atomic E-state index is 12.3. The zero-order valence-electron chi connectivity index (χ0n) is 10.7. The molecule has 0 aliphatic carbocycles. The average molecular weight is 355 g/mol. The van der Waals surface area contributed by atoms with Crippen molar-refractivity contribution in [2.45, 2.75) is 6.92 Å². The molecule has 4 N–H and O–H groups in total. The van der Waals surface area contributed by atoms with Gasteiger partial charge in [0.15, 0.2) is 0 Å². The van der Waals surface area contributed by atoms with E-state index < -0.39 is 0 Å². The molecule has 20 heavy (non-hydrogen) atoms. The van der Waals surface area contributed by atoms with Gasteiger partial charge < -0.3 is 10.7 Å². The van der Waals surface area contributed by atoms with Crippen LogP contribution in [0, 0.1) is 6.92 Å². The fourth-order valence-electron chi connectivity index (χ4n) is 1.84. The Morgan fingerprint density at radius 3 is 2.65 bits per heavy atom. The fraction of sp³-hybridized carbons (Fsp3) is 0.0714. The number of carbonyl (C=O) groups excluding carboxylic acids is 1. The van der Waals surface area contributed by atoms with E-state index in [1.165, 1.54) is 0 Å². The van der Waals surface area contributed by atoms with Crippen LogP contribution in [0.1, 0.15) is 15.9 Å². The van der Waals surface area contributed by atoms with Crippen LogP contribution in [0.3, 0.4) is 0 Å². The fourth-order valence-corrected chi connectivity index (χ4v) is 2.62. The highest BCUT2D eigenvalue weighted by molar-refractivity contribution is 9.10. The molecule has 0 unspecified atom stereocenters. The first kappa shape index (κ1) is 14.8. The van der Waals surface area contributed by atoms with Crippen LogP contribution in [0.5, 0.6) is 0 Å². The first-order valence-electron chi connectivity index (χ1n) is 5.84. The number of rotatable bonds is 3. The minimum atomic E-state index is -0.280. The molecular formula is C14H13BrClN3O. The minimum Gasteiger partial charge on any atom is -0.323 e. The van der Waals surface area contributed by atoms with Gasteiger partial charge in [0, 0.05) is 15.2 Å². The number of nitrogens with two attached hydrogens (primary N) is 1. The van der Waals surface area contributed by atoms with E-state index >= 15 is 0 Å².